The third-order valence-corrected chi connectivity index (χ3v) is 3.00. The van der Waals surface area contributed by atoms with E-state index in [1.807, 2.05) is 40.7 Å². The van der Waals surface area contributed by atoms with Gasteiger partial charge in [0.15, 0.2) is 5.65 Å². The molecule has 0 aliphatic rings. The van der Waals surface area contributed by atoms with Gasteiger partial charge in [0.2, 0.25) is 0 Å². The maximum absolute atomic E-state index is 11.7. The quantitative estimate of drug-likeness (QED) is 0.835. The van der Waals surface area contributed by atoms with Crippen LogP contribution in [0.25, 0.3) is 11.0 Å². The zero-order valence-electron chi connectivity index (χ0n) is 14.2. The number of hydrogen-bond acceptors (Lipinski definition) is 4. The summed E-state index contributed by atoms with van der Waals surface area (Å²) in [6, 6.07) is 1.87. The fourth-order valence-corrected chi connectivity index (χ4v) is 1.95. The smallest absolute Gasteiger partial charge is 0.407 e. The second-order valence-corrected chi connectivity index (χ2v) is 6.50. The van der Waals surface area contributed by atoms with E-state index < -0.39 is 11.7 Å². The Balaban J connectivity index is 1.93. The monoisotopic (exact) mass is 314 g/mol. The van der Waals surface area contributed by atoms with Crippen molar-refractivity contribution in [1.82, 2.24) is 20.5 Å². The Morgan fingerprint density at radius 2 is 2.22 bits per heavy atom. The van der Waals surface area contributed by atoms with Crippen LogP contribution in [-0.4, -0.2) is 32.9 Å². The first-order chi connectivity index (χ1) is 10.7. The minimum Gasteiger partial charge on any atom is -0.444 e. The Morgan fingerprint density at radius 3 is 2.91 bits per heavy atom. The molecule has 0 unspecified atom stereocenters. The van der Waals surface area contributed by atoms with Crippen LogP contribution in [0.15, 0.2) is 12.3 Å². The Labute approximate surface area is 136 Å². The maximum atomic E-state index is 11.7. The number of fused-ring (bicyclic) bond motifs is 1. The number of carbonyl (C=O) groups excluding carboxylic acids is 1. The number of nitrogens with one attached hydrogen (secondary N) is 2. The number of alkyl carbamates (subject to hydrolysis) is 1. The van der Waals surface area contributed by atoms with Gasteiger partial charge in [0.1, 0.15) is 5.60 Å². The van der Waals surface area contributed by atoms with Crippen molar-refractivity contribution >= 4 is 17.1 Å². The Hall–Kier alpha value is -2.55. The number of aromatic amines is 1. The fraction of sp³-hybridized carbons (Fsp3) is 0.471. The lowest BCUT2D eigenvalue weighted by Crippen LogP contribution is -2.37. The van der Waals surface area contributed by atoms with Gasteiger partial charge in [-0.3, -0.25) is 5.10 Å². The number of aryl methyl sites for hydroxylation is 1. The number of aromatic nitrogens is 3. The van der Waals surface area contributed by atoms with E-state index in [0.29, 0.717) is 12.1 Å². The highest BCUT2D eigenvalue weighted by Gasteiger charge is 2.17. The predicted octanol–water partition coefficient (Wildman–Crippen LogP) is 2.92. The molecule has 2 aromatic rings. The van der Waals surface area contributed by atoms with E-state index in [2.05, 4.69) is 32.3 Å². The topological polar surface area (TPSA) is 79.9 Å². The van der Waals surface area contributed by atoms with Crippen molar-refractivity contribution in [2.75, 3.05) is 0 Å². The summed E-state index contributed by atoms with van der Waals surface area (Å²) in [5, 5.41) is 10.7. The van der Waals surface area contributed by atoms with Gasteiger partial charge in [-0.25, -0.2) is 9.78 Å². The van der Waals surface area contributed by atoms with Crippen LogP contribution in [0.4, 0.5) is 4.79 Å². The minimum atomic E-state index is -0.501. The van der Waals surface area contributed by atoms with E-state index in [4.69, 9.17) is 4.74 Å². The number of nitrogens with zero attached hydrogens (tertiary/aromatic N) is 2. The minimum absolute atomic E-state index is 0.0929. The van der Waals surface area contributed by atoms with Crippen molar-refractivity contribution in [3.63, 3.8) is 0 Å². The van der Waals surface area contributed by atoms with E-state index in [-0.39, 0.29) is 6.04 Å². The van der Waals surface area contributed by atoms with Crippen LogP contribution in [0, 0.1) is 18.8 Å². The third kappa shape index (κ3) is 4.99. The molecule has 0 aliphatic heterocycles. The van der Waals surface area contributed by atoms with E-state index in [1.165, 1.54) is 0 Å². The number of carbonyl (C=O) groups is 1. The predicted molar refractivity (Wildman–Crippen MR) is 89.0 cm³/mol. The highest BCUT2D eigenvalue weighted by atomic mass is 16.6. The molecule has 6 heteroatoms. The van der Waals surface area contributed by atoms with Gasteiger partial charge in [0, 0.05) is 35.3 Å². The summed E-state index contributed by atoms with van der Waals surface area (Å²) in [7, 11) is 0. The summed E-state index contributed by atoms with van der Waals surface area (Å²) in [6.45, 7) is 9.33. The number of rotatable bonds is 2. The zero-order chi connectivity index (χ0) is 17.0. The second kappa shape index (κ2) is 6.69. The summed E-state index contributed by atoms with van der Waals surface area (Å²) in [4.78, 5) is 15.9. The Morgan fingerprint density at radius 1 is 1.48 bits per heavy atom. The molecule has 1 amide bonds. The lowest BCUT2D eigenvalue weighted by Gasteiger charge is -2.21. The zero-order valence-corrected chi connectivity index (χ0v) is 14.2. The standard InChI is InChI=1S/C17H22N4O2/c1-11(19-16(22)23-17(3,4)5)7-6-8-13-9-14-12(2)20-21-15(14)18-10-13/h9-11H,7H2,1-5H3,(H,19,22)(H,18,20,21)/t11-/m0/s1. The lowest BCUT2D eigenvalue weighted by atomic mass is 10.2. The highest BCUT2D eigenvalue weighted by molar-refractivity contribution is 5.78. The number of pyridine rings is 1. The maximum Gasteiger partial charge on any atom is 0.407 e. The number of H-pyrrole nitrogens is 1. The van der Waals surface area contributed by atoms with Gasteiger partial charge in [0.05, 0.1) is 0 Å². The normalized spacial score (nSPS) is 12.4. The Bertz CT molecular complexity index is 762. The van der Waals surface area contributed by atoms with Gasteiger partial charge in [-0.05, 0) is 40.7 Å². The molecule has 0 bridgehead atoms. The van der Waals surface area contributed by atoms with Gasteiger partial charge in [-0.2, -0.15) is 5.10 Å². The first kappa shape index (κ1) is 16.8. The molecule has 0 aromatic carbocycles. The van der Waals surface area contributed by atoms with Crippen molar-refractivity contribution < 1.29 is 9.53 Å². The number of hydrogen-bond donors (Lipinski definition) is 2. The molecule has 0 saturated heterocycles. The molecule has 2 heterocycles. The second-order valence-electron chi connectivity index (χ2n) is 6.50. The van der Waals surface area contributed by atoms with Crippen LogP contribution in [0.5, 0.6) is 0 Å². The van der Waals surface area contributed by atoms with Gasteiger partial charge in [0.25, 0.3) is 0 Å². The van der Waals surface area contributed by atoms with Crippen LogP contribution in [0.2, 0.25) is 0 Å². The molecular formula is C17H22N4O2. The van der Waals surface area contributed by atoms with Crippen LogP contribution in [0.1, 0.15) is 45.4 Å². The summed E-state index contributed by atoms with van der Waals surface area (Å²) < 4.78 is 5.21. The van der Waals surface area contributed by atoms with Gasteiger partial charge in [-0.1, -0.05) is 11.8 Å². The first-order valence-corrected chi connectivity index (χ1v) is 7.54. The molecule has 122 valence electrons. The van der Waals surface area contributed by atoms with Crippen molar-refractivity contribution in [2.24, 2.45) is 0 Å². The SMILES string of the molecule is Cc1[nH]nc2ncc(C#CC[C@H](C)NC(=O)OC(C)(C)C)cc12. The molecular weight excluding hydrogens is 292 g/mol. The summed E-state index contributed by atoms with van der Waals surface area (Å²) in [6.07, 6.45) is 1.80. The average molecular weight is 314 g/mol. The molecule has 0 spiro atoms. The van der Waals surface area contributed by atoms with E-state index in [1.54, 1.807) is 6.20 Å². The molecule has 0 radical (unpaired) electrons. The molecule has 2 N–H and O–H groups in total. The first-order valence-electron chi connectivity index (χ1n) is 7.54. The molecule has 23 heavy (non-hydrogen) atoms. The number of ether oxygens (including phenoxy) is 1. The van der Waals surface area contributed by atoms with Crippen LogP contribution < -0.4 is 5.32 Å². The van der Waals surface area contributed by atoms with E-state index in [9.17, 15) is 4.79 Å². The largest absolute Gasteiger partial charge is 0.444 e. The van der Waals surface area contributed by atoms with Crippen LogP contribution >= 0.6 is 0 Å². The van der Waals surface area contributed by atoms with Crippen molar-refractivity contribution in [3.8, 4) is 11.8 Å². The molecule has 0 aliphatic carbocycles. The summed E-state index contributed by atoms with van der Waals surface area (Å²) in [5.74, 6) is 6.12. The van der Waals surface area contributed by atoms with E-state index in [0.717, 1.165) is 16.6 Å². The van der Waals surface area contributed by atoms with Crippen LogP contribution in [-0.2, 0) is 4.74 Å². The molecule has 0 saturated carbocycles. The third-order valence-electron chi connectivity index (χ3n) is 3.00. The number of amides is 1. The summed E-state index contributed by atoms with van der Waals surface area (Å²) in [5.41, 5.74) is 1.98. The molecule has 6 nitrogen and oxygen atoms in total. The average Bonchev–Trinajstić information content (AvgIpc) is 2.78. The van der Waals surface area contributed by atoms with Gasteiger partial charge < -0.3 is 10.1 Å². The Kier molecular flexibility index (Phi) is 4.89. The molecule has 1 atom stereocenters. The highest BCUT2D eigenvalue weighted by Crippen LogP contribution is 2.13. The lowest BCUT2D eigenvalue weighted by molar-refractivity contribution is 0.0509. The van der Waals surface area contributed by atoms with Crippen LogP contribution in [0.3, 0.4) is 0 Å². The van der Waals surface area contributed by atoms with E-state index >= 15 is 0 Å². The van der Waals surface area contributed by atoms with Gasteiger partial charge in [-0.15, -0.1) is 0 Å². The molecule has 2 aromatic heterocycles. The fourth-order valence-electron chi connectivity index (χ4n) is 1.95. The molecule has 0 fully saturated rings. The van der Waals surface area contributed by atoms with Gasteiger partial charge >= 0.3 is 6.09 Å². The van der Waals surface area contributed by atoms with Crippen molar-refractivity contribution in [2.45, 2.75) is 52.7 Å². The molecule has 2 rings (SSSR count). The van der Waals surface area contributed by atoms with Crippen molar-refractivity contribution in [3.05, 3.63) is 23.5 Å². The summed E-state index contributed by atoms with van der Waals surface area (Å²) >= 11 is 0. The van der Waals surface area contributed by atoms with Crippen molar-refractivity contribution in [1.29, 1.82) is 0 Å².